The molecular weight excluding hydrogens is 510 g/mol. The lowest BCUT2D eigenvalue weighted by molar-refractivity contribution is -0.191. The van der Waals surface area contributed by atoms with Crippen LogP contribution >= 0.6 is 0 Å². The molecule has 0 radical (unpaired) electrons. The molecule has 0 aliphatic carbocycles. The maximum absolute atomic E-state index is 13.6. The summed E-state index contributed by atoms with van der Waals surface area (Å²) in [6.45, 7) is 2.32. The summed E-state index contributed by atoms with van der Waals surface area (Å²) in [5, 5.41) is 13.1. The van der Waals surface area contributed by atoms with Gasteiger partial charge in [0.05, 0.1) is 11.3 Å². The van der Waals surface area contributed by atoms with Crippen molar-refractivity contribution in [1.82, 2.24) is 19.5 Å². The van der Waals surface area contributed by atoms with E-state index in [0.717, 1.165) is 12.1 Å². The zero-order valence-electron chi connectivity index (χ0n) is 19.1. The van der Waals surface area contributed by atoms with E-state index in [-0.39, 0.29) is 17.3 Å². The van der Waals surface area contributed by atoms with E-state index in [2.05, 4.69) is 19.9 Å². The quantitative estimate of drug-likeness (QED) is 0.295. The van der Waals surface area contributed by atoms with Crippen molar-refractivity contribution in [1.29, 1.82) is 0 Å². The summed E-state index contributed by atoms with van der Waals surface area (Å²) < 4.78 is 90.3. The molecule has 0 aliphatic rings. The Balaban J connectivity index is 1.66. The van der Waals surface area contributed by atoms with Crippen LogP contribution in [0.1, 0.15) is 37.4 Å². The molecule has 0 saturated carbocycles. The van der Waals surface area contributed by atoms with Crippen molar-refractivity contribution in [3.05, 3.63) is 54.0 Å². The van der Waals surface area contributed by atoms with Gasteiger partial charge in [-0.25, -0.2) is 4.98 Å². The summed E-state index contributed by atoms with van der Waals surface area (Å²) >= 11 is 0. The first kappa shape index (κ1) is 26.0. The van der Waals surface area contributed by atoms with Gasteiger partial charge in [0.25, 0.3) is 5.89 Å². The molecule has 1 N–H and O–H groups in total. The first-order chi connectivity index (χ1) is 17.3. The number of benzene rings is 1. The molecule has 14 heteroatoms. The highest BCUT2D eigenvalue weighted by atomic mass is 19.4. The van der Waals surface area contributed by atoms with Gasteiger partial charge in [-0.1, -0.05) is 12.1 Å². The van der Waals surface area contributed by atoms with Gasteiger partial charge in [0.1, 0.15) is 17.3 Å². The minimum atomic E-state index is -5.02. The molecule has 0 spiro atoms. The van der Waals surface area contributed by atoms with E-state index in [1.807, 2.05) is 0 Å². The second-order valence-corrected chi connectivity index (χ2v) is 8.08. The third kappa shape index (κ3) is 5.37. The van der Waals surface area contributed by atoms with Crippen LogP contribution in [0.5, 0.6) is 5.75 Å². The number of nitrogens with zero attached hydrogens (tertiary/aromatic N) is 4. The third-order valence-electron chi connectivity index (χ3n) is 5.52. The number of fused-ring (bicyclic) bond motifs is 1. The first-order valence-electron chi connectivity index (χ1n) is 10.8. The number of imidazole rings is 1. The molecule has 0 aliphatic heterocycles. The van der Waals surface area contributed by atoms with Gasteiger partial charge >= 0.3 is 18.3 Å². The van der Waals surface area contributed by atoms with E-state index in [9.17, 15) is 36.2 Å². The Morgan fingerprint density at radius 3 is 2.46 bits per heavy atom. The maximum Gasteiger partial charge on any atom is 0.425 e. The van der Waals surface area contributed by atoms with E-state index in [1.54, 1.807) is 35.9 Å². The predicted octanol–water partition coefficient (Wildman–Crippen LogP) is 5.98. The van der Waals surface area contributed by atoms with Crippen LogP contribution in [0.15, 0.2) is 47.2 Å². The van der Waals surface area contributed by atoms with Crippen LogP contribution in [0, 0.1) is 0 Å². The number of carboxylic acids is 1. The largest absolute Gasteiger partial charge is 0.481 e. The summed E-state index contributed by atoms with van der Waals surface area (Å²) in [6.07, 6.45) is -8.85. The van der Waals surface area contributed by atoms with Gasteiger partial charge in [0.15, 0.2) is 6.10 Å². The number of hydrogen-bond acceptors (Lipinski definition) is 6. The number of aliphatic carboxylic acids is 1. The summed E-state index contributed by atoms with van der Waals surface area (Å²) in [5.41, 5.74) is -0.496. The number of pyridine rings is 1. The first-order valence-corrected chi connectivity index (χ1v) is 10.8. The summed E-state index contributed by atoms with van der Waals surface area (Å²) in [7, 11) is 0. The number of aromatic nitrogens is 4. The molecule has 0 bridgehead atoms. The fourth-order valence-electron chi connectivity index (χ4n) is 3.52. The number of alkyl halides is 6. The Morgan fingerprint density at radius 1 is 1.11 bits per heavy atom. The number of carbonyl (C=O) groups is 1. The minimum absolute atomic E-state index is 0.00639. The smallest absolute Gasteiger partial charge is 0.425 e. The van der Waals surface area contributed by atoms with Crippen LogP contribution in [0.2, 0.25) is 0 Å². The van der Waals surface area contributed by atoms with Gasteiger partial charge in [0, 0.05) is 23.5 Å². The molecule has 4 rings (SSSR count). The molecular formula is C23H18F6N4O4. The van der Waals surface area contributed by atoms with Crippen LogP contribution in [-0.4, -0.2) is 42.9 Å². The zero-order chi connectivity index (χ0) is 27.1. The zero-order valence-corrected chi connectivity index (χ0v) is 19.1. The molecule has 2 atom stereocenters. The highest BCUT2D eigenvalue weighted by Gasteiger charge is 2.41. The fraction of sp³-hybridized carbons (Fsp3) is 0.304. The number of rotatable bonds is 7. The van der Waals surface area contributed by atoms with Crippen molar-refractivity contribution in [2.75, 3.05) is 0 Å². The Labute approximate surface area is 204 Å². The minimum Gasteiger partial charge on any atom is -0.481 e. The number of halogens is 6. The van der Waals surface area contributed by atoms with Crippen molar-refractivity contribution >= 4 is 11.6 Å². The van der Waals surface area contributed by atoms with Gasteiger partial charge in [-0.2, -0.15) is 31.3 Å². The average Bonchev–Trinajstić information content (AvgIpc) is 3.45. The topological polar surface area (TPSA) is 103 Å². The normalized spacial score (nSPS) is 14.1. The molecule has 8 nitrogen and oxygen atoms in total. The number of ether oxygens (including phenoxy) is 1. The van der Waals surface area contributed by atoms with Gasteiger partial charge in [-0.05, 0) is 43.7 Å². The van der Waals surface area contributed by atoms with E-state index < -0.39 is 41.7 Å². The second kappa shape index (κ2) is 9.41. The van der Waals surface area contributed by atoms with Gasteiger partial charge < -0.3 is 18.8 Å². The molecule has 0 fully saturated rings. The van der Waals surface area contributed by atoms with Crippen LogP contribution in [0.25, 0.3) is 28.5 Å². The average molecular weight is 528 g/mol. The molecule has 0 saturated heterocycles. The van der Waals surface area contributed by atoms with E-state index in [4.69, 9.17) is 4.52 Å². The summed E-state index contributed by atoms with van der Waals surface area (Å²) in [6, 6.07) is 5.52. The molecule has 37 heavy (non-hydrogen) atoms. The lowest BCUT2D eigenvalue weighted by Gasteiger charge is -2.20. The third-order valence-corrected chi connectivity index (χ3v) is 5.52. The van der Waals surface area contributed by atoms with Crippen molar-refractivity contribution < 1.29 is 45.5 Å². The van der Waals surface area contributed by atoms with Crippen molar-refractivity contribution in [3.8, 4) is 28.6 Å². The van der Waals surface area contributed by atoms with E-state index >= 15 is 0 Å². The Kier molecular flexibility index (Phi) is 6.60. The Morgan fingerprint density at radius 2 is 1.84 bits per heavy atom. The van der Waals surface area contributed by atoms with E-state index in [1.165, 1.54) is 0 Å². The van der Waals surface area contributed by atoms with Gasteiger partial charge in [0.2, 0.25) is 5.82 Å². The van der Waals surface area contributed by atoms with Gasteiger partial charge in [-0.15, -0.1) is 0 Å². The second-order valence-electron chi connectivity index (χ2n) is 8.08. The summed E-state index contributed by atoms with van der Waals surface area (Å²) in [5.74, 6) is -3.11. The number of hydrogen-bond donors (Lipinski definition) is 1. The molecule has 2 unspecified atom stereocenters. The number of carboxylic acid groups (broad SMARTS) is 1. The highest BCUT2D eigenvalue weighted by Crippen LogP contribution is 2.40. The van der Waals surface area contributed by atoms with Gasteiger partial charge in [-0.3, -0.25) is 4.79 Å². The monoisotopic (exact) mass is 528 g/mol. The molecule has 0 amide bonds. The molecule has 3 aromatic heterocycles. The Bertz CT molecular complexity index is 1440. The van der Waals surface area contributed by atoms with Crippen LogP contribution in [-0.2, 0) is 11.0 Å². The standard InChI is InChI=1S/C23H18F6N4O4/c1-3-14(21(34)35)16-10-33-7-6-12(9-18(33)30-16)19-31-20(37-32-19)13-4-5-17(15(8-13)23(27,28)29)36-11(2)22(24,25)26/h4-11,14H,3H2,1-2H3,(H,34,35). The molecule has 1 aromatic carbocycles. The lowest BCUT2D eigenvalue weighted by atomic mass is 10.0. The summed E-state index contributed by atoms with van der Waals surface area (Å²) in [4.78, 5) is 19.8. The van der Waals surface area contributed by atoms with Crippen LogP contribution < -0.4 is 4.74 Å². The van der Waals surface area contributed by atoms with Crippen molar-refractivity contribution in [3.63, 3.8) is 0 Å². The lowest BCUT2D eigenvalue weighted by Crippen LogP contribution is -2.31. The van der Waals surface area contributed by atoms with E-state index in [0.29, 0.717) is 36.3 Å². The molecule has 196 valence electrons. The SMILES string of the molecule is CCC(C(=O)O)c1cn2ccc(-c3noc(-c4ccc(OC(C)C(F)(F)F)c(C(F)(F)F)c4)n3)cc2n1. The highest BCUT2D eigenvalue weighted by molar-refractivity contribution is 5.76. The molecule has 3 heterocycles. The van der Waals surface area contributed by atoms with Crippen molar-refractivity contribution in [2.45, 2.75) is 44.6 Å². The fourth-order valence-corrected chi connectivity index (χ4v) is 3.52. The predicted molar refractivity (Wildman–Crippen MR) is 116 cm³/mol. The maximum atomic E-state index is 13.6. The Hall–Kier alpha value is -4.10. The van der Waals surface area contributed by atoms with Crippen LogP contribution in [0.4, 0.5) is 26.3 Å². The van der Waals surface area contributed by atoms with Crippen LogP contribution in [0.3, 0.4) is 0 Å². The molecule has 4 aromatic rings. The van der Waals surface area contributed by atoms with Crippen molar-refractivity contribution in [2.24, 2.45) is 0 Å².